The van der Waals surface area contributed by atoms with Crippen molar-refractivity contribution in [1.82, 2.24) is 0 Å². The van der Waals surface area contributed by atoms with Crippen LogP contribution in [-0.2, 0) is 0 Å². The van der Waals surface area contributed by atoms with E-state index in [1.165, 1.54) is 262 Å². The van der Waals surface area contributed by atoms with E-state index in [1.807, 2.05) is 0 Å². The molecule has 0 amide bonds. The van der Waals surface area contributed by atoms with Crippen LogP contribution in [0.1, 0.15) is 0 Å². The van der Waals surface area contributed by atoms with Gasteiger partial charge in [0.15, 0.2) is 0 Å². The van der Waals surface area contributed by atoms with Crippen molar-refractivity contribution in [2.45, 2.75) is 0 Å². The molecule has 0 aliphatic rings. The van der Waals surface area contributed by atoms with Crippen LogP contribution in [0.2, 0.25) is 0 Å². The van der Waals surface area contributed by atoms with Gasteiger partial charge >= 0.3 is 0 Å². The fraction of sp³-hybridized carbons (Fsp3) is 0. The Kier molecular flexibility index (Phi) is 19.7. The van der Waals surface area contributed by atoms with Gasteiger partial charge in [-0.3, -0.25) is 0 Å². The van der Waals surface area contributed by atoms with Crippen molar-refractivity contribution in [3.63, 3.8) is 0 Å². The predicted molar refractivity (Wildman–Crippen MR) is 579 cm³/mol. The first-order chi connectivity index (χ1) is 66.4. The summed E-state index contributed by atoms with van der Waals surface area (Å²) in [6.07, 6.45) is 0. The molecule has 134 heavy (non-hydrogen) atoms. The van der Waals surface area contributed by atoms with E-state index in [4.69, 9.17) is 0 Å². The van der Waals surface area contributed by atoms with Gasteiger partial charge in [-0.15, -0.1) is 0 Å². The molecule has 27 rings (SSSR count). The summed E-state index contributed by atoms with van der Waals surface area (Å²) in [5.74, 6) is 0. The van der Waals surface area contributed by atoms with Crippen LogP contribution in [0.15, 0.2) is 522 Å². The Labute approximate surface area is 778 Å². The van der Waals surface area contributed by atoms with Crippen LogP contribution in [0.5, 0.6) is 0 Å². The lowest BCUT2D eigenvalue weighted by Crippen LogP contribution is -1.90. The molecule has 0 heterocycles. The van der Waals surface area contributed by atoms with E-state index in [0.717, 1.165) is 0 Å². The van der Waals surface area contributed by atoms with Gasteiger partial charge in [-0.05, 0) is 341 Å². The Bertz CT molecular complexity index is 9070. The maximum atomic E-state index is 2.40. The maximum absolute atomic E-state index is 2.40. The molecule has 0 saturated carbocycles. The zero-order valence-corrected chi connectivity index (χ0v) is 73.7. The molecule has 0 saturated heterocycles. The molecule has 0 nitrogen and oxygen atoms in total. The maximum Gasteiger partial charge on any atom is -0.00986 e. The normalized spacial score (nSPS) is 11.6. The summed E-state index contributed by atoms with van der Waals surface area (Å²) in [5, 5.41) is 35.8. The average molecular weight is 1700 g/mol. The monoisotopic (exact) mass is 1690 g/mol. The quantitative estimate of drug-likeness (QED) is 0.120. The minimum Gasteiger partial charge on any atom is -0.0616 e. The number of hydrogen-bond donors (Lipinski definition) is 0. The third-order valence-electron chi connectivity index (χ3n) is 27.8. The highest BCUT2D eigenvalue weighted by atomic mass is 14.2. The number of hydrogen-bond acceptors (Lipinski definition) is 0. The van der Waals surface area contributed by atoms with Crippen LogP contribution < -0.4 is 0 Å². The summed E-state index contributed by atoms with van der Waals surface area (Å²) in [7, 11) is 0. The van der Waals surface area contributed by atoms with E-state index >= 15 is 0 Å². The molecule has 0 N–H and O–H groups in total. The zero-order valence-electron chi connectivity index (χ0n) is 73.7. The fourth-order valence-electron chi connectivity index (χ4n) is 21.5. The Balaban J connectivity index is 0.000000108. The van der Waals surface area contributed by atoms with E-state index in [2.05, 4.69) is 522 Å². The standard InChI is InChI=1S/C50H32.C44H28.C40H26/c1-6-16-43-37(11-1)29-40(33-21-23-35(24-22-33)49-30-38-12-2-4-14-41(38)44-17-7-9-19-46(44)49)32-48(43)34-25-27-36(28-26-34)50-31-39-13-3-5-15-42(39)45-18-8-10-20-47(45)50;1-4-16-35-29(12-1)15-11-23-38(35)32-24-33(43-27-30-13-2-5-17-36(30)39-19-7-9-21-41(39)43)26-34(25-32)44-28-31-14-3-6-18-37(31)40-20-8-10-22-42(40)44;1-3-17-33-31(11-1)25-39(37-21-7-5-19-35(33)37)29-15-9-13-27(23-29)28-14-10-16-30(24-28)40-26-32-12-2-4-18-34(32)36-20-6-8-22-38(36)40/h1-32H;1-28H;1-26H. The molecule has 0 aliphatic heterocycles. The smallest absolute Gasteiger partial charge is 0.00986 e. The van der Waals surface area contributed by atoms with Gasteiger partial charge in [0.25, 0.3) is 0 Å². The molecule has 622 valence electrons. The molecular weight excluding hydrogens is 1610 g/mol. The van der Waals surface area contributed by atoms with E-state index in [0.29, 0.717) is 0 Å². The van der Waals surface area contributed by atoms with Crippen molar-refractivity contribution < 1.29 is 0 Å². The molecule has 0 aliphatic carbocycles. The van der Waals surface area contributed by atoms with E-state index in [9.17, 15) is 0 Å². The van der Waals surface area contributed by atoms with Crippen molar-refractivity contribution in [2.75, 3.05) is 0 Å². The van der Waals surface area contributed by atoms with Crippen molar-refractivity contribution in [3.05, 3.63) is 522 Å². The third kappa shape index (κ3) is 14.2. The third-order valence-corrected chi connectivity index (χ3v) is 27.8. The summed E-state index contributed by atoms with van der Waals surface area (Å²) in [4.78, 5) is 0. The van der Waals surface area contributed by atoms with Crippen LogP contribution in [0.25, 0.3) is 262 Å². The first-order valence-electron chi connectivity index (χ1n) is 46.5. The lowest BCUT2D eigenvalue weighted by Gasteiger charge is -2.17. The highest BCUT2D eigenvalue weighted by Gasteiger charge is 2.21. The summed E-state index contributed by atoms with van der Waals surface area (Å²) in [6.45, 7) is 0. The molecule has 27 aromatic carbocycles. The largest absolute Gasteiger partial charge is 0.0616 e. The molecule has 0 radical (unpaired) electrons. The number of benzene rings is 27. The highest BCUT2D eigenvalue weighted by Crippen LogP contribution is 2.48. The van der Waals surface area contributed by atoms with Gasteiger partial charge in [-0.2, -0.15) is 0 Å². The second-order valence-corrected chi connectivity index (χ2v) is 35.5. The Morgan fingerprint density at radius 3 is 0.560 bits per heavy atom. The van der Waals surface area contributed by atoms with Crippen LogP contribution >= 0.6 is 0 Å². The SMILES string of the molecule is c1cc(-c2cccc(-c3cc4ccccc4c4ccccc34)c2)cc(-c2cc3ccccc3c3ccccc23)c1.c1ccc2c(-c3cc(-c4cc5ccccc5c5ccccc45)cc(-c4cc5ccccc5c5ccccc45)c3)cccc2c1.c1ccc2c(-c3ccc(-c4cc5ccccc5c5ccccc45)cc3)cc(-c3ccc(-c4cc5ccccc5c5ccccc45)cc3)cc2c1. The van der Waals surface area contributed by atoms with Gasteiger partial charge in [0, 0.05) is 0 Å². The predicted octanol–water partition coefficient (Wildman–Crippen LogP) is 37.9. The van der Waals surface area contributed by atoms with Gasteiger partial charge in [0.1, 0.15) is 0 Å². The summed E-state index contributed by atoms with van der Waals surface area (Å²) >= 11 is 0. The Morgan fingerprint density at radius 2 is 0.254 bits per heavy atom. The lowest BCUT2D eigenvalue weighted by molar-refractivity contribution is 1.60. The van der Waals surface area contributed by atoms with Crippen LogP contribution in [-0.4, -0.2) is 0 Å². The highest BCUT2D eigenvalue weighted by molar-refractivity contribution is 6.21. The second-order valence-electron chi connectivity index (χ2n) is 35.5. The molecule has 0 fully saturated rings. The van der Waals surface area contributed by atoms with Crippen molar-refractivity contribution >= 4 is 151 Å². The Morgan fingerprint density at radius 1 is 0.0672 bits per heavy atom. The molecule has 0 atom stereocenters. The summed E-state index contributed by atoms with van der Waals surface area (Å²) in [6, 6.07) is 191. The second kappa shape index (κ2) is 33.6. The van der Waals surface area contributed by atoms with Gasteiger partial charge in [-0.1, -0.05) is 443 Å². The molecule has 0 aromatic heterocycles. The van der Waals surface area contributed by atoms with Crippen LogP contribution in [0.4, 0.5) is 0 Å². The molecule has 27 aromatic rings. The molecule has 0 unspecified atom stereocenters. The van der Waals surface area contributed by atoms with E-state index in [1.54, 1.807) is 0 Å². The van der Waals surface area contributed by atoms with Gasteiger partial charge in [0.2, 0.25) is 0 Å². The van der Waals surface area contributed by atoms with Crippen molar-refractivity contribution in [3.8, 4) is 111 Å². The van der Waals surface area contributed by atoms with Gasteiger partial charge in [-0.25, -0.2) is 0 Å². The topological polar surface area (TPSA) is 0 Å². The van der Waals surface area contributed by atoms with Crippen molar-refractivity contribution in [2.24, 2.45) is 0 Å². The molecule has 0 heteroatoms. The van der Waals surface area contributed by atoms with E-state index in [-0.39, 0.29) is 0 Å². The van der Waals surface area contributed by atoms with Crippen molar-refractivity contribution in [1.29, 1.82) is 0 Å². The molecular formula is C134H86. The summed E-state index contributed by atoms with van der Waals surface area (Å²) in [5.41, 5.74) is 24.8. The fourth-order valence-corrected chi connectivity index (χ4v) is 21.5. The Hall–Kier alpha value is -17.4. The molecule has 0 bridgehead atoms. The van der Waals surface area contributed by atoms with Crippen LogP contribution in [0.3, 0.4) is 0 Å². The minimum absolute atomic E-state index is 1.21. The lowest BCUT2D eigenvalue weighted by atomic mass is 9.87. The number of fused-ring (bicyclic) bond motifs is 20. The average Bonchev–Trinajstić information content (AvgIpc) is 0.744. The summed E-state index contributed by atoms with van der Waals surface area (Å²) < 4.78 is 0. The number of rotatable bonds is 10. The van der Waals surface area contributed by atoms with Gasteiger partial charge in [0.05, 0.1) is 0 Å². The molecule has 0 spiro atoms. The first-order valence-corrected chi connectivity index (χ1v) is 46.5. The zero-order chi connectivity index (χ0) is 88.5. The minimum atomic E-state index is 1.21. The van der Waals surface area contributed by atoms with E-state index < -0.39 is 0 Å². The van der Waals surface area contributed by atoms with Crippen LogP contribution in [0, 0.1) is 0 Å². The van der Waals surface area contributed by atoms with Gasteiger partial charge < -0.3 is 0 Å². The first kappa shape index (κ1) is 78.8.